The maximum Gasteiger partial charge on any atom is 0.459 e. The third-order valence-electron chi connectivity index (χ3n) is 5.89. The van der Waals surface area contributed by atoms with Gasteiger partial charge in [-0.1, -0.05) is 25.2 Å². The highest BCUT2D eigenvalue weighted by molar-refractivity contribution is 8.04. The molecule has 3 heterocycles. The molecule has 0 aromatic carbocycles. The van der Waals surface area contributed by atoms with Crippen molar-refractivity contribution < 1.29 is 22.0 Å². The minimum atomic E-state index is -5.73. The number of dihydropyridines is 1. The molecule has 0 N–H and O–H groups in total. The van der Waals surface area contributed by atoms with Crippen LogP contribution < -0.4 is 0 Å². The van der Waals surface area contributed by atoms with E-state index in [4.69, 9.17) is 4.99 Å². The highest BCUT2D eigenvalue weighted by Gasteiger charge is 2.60. The maximum atomic E-state index is 13.8. The van der Waals surface area contributed by atoms with Gasteiger partial charge in [-0.3, -0.25) is 9.98 Å². The molecule has 2 atom stereocenters. The molecule has 162 valence electrons. The average molecular weight is 452 g/mol. The van der Waals surface area contributed by atoms with E-state index < -0.39 is 17.8 Å². The number of aromatic nitrogens is 3. The number of rotatable bonds is 4. The second-order valence-corrected chi connectivity index (χ2v) is 9.07. The van der Waals surface area contributed by atoms with Gasteiger partial charge in [-0.15, -0.1) is 11.8 Å². The van der Waals surface area contributed by atoms with Crippen molar-refractivity contribution in [2.45, 2.75) is 31.0 Å². The lowest BCUT2D eigenvalue weighted by Crippen LogP contribution is -2.34. The van der Waals surface area contributed by atoms with Crippen LogP contribution in [0.4, 0.5) is 22.0 Å². The minimum absolute atomic E-state index is 0.0182. The number of halogens is 5. The van der Waals surface area contributed by atoms with Crippen LogP contribution in [-0.4, -0.2) is 37.7 Å². The Morgan fingerprint density at radius 2 is 2.03 bits per heavy atom. The molecule has 1 spiro atoms. The molecular weight excluding hydrogens is 435 g/mol. The first-order chi connectivity index (χ1) is 14.6. The molecule has 4 nitrogen and oxygen atoms in total. The molecule has 5 rings (SSSR count). The van der Waals surface area contributed by atoms with Crippen molar-refractivity contribution in [3.8, 4) is 0 Å². The van der Waals surface area contributed by atoms with Crippen molar-refractivity contribution in [2.75, 3.05) is 5.75 Å². The molecule has 2 aromatic heterocycles. The number of alkyl halides is 5. The Balaban J connectivity index is 1.63. The van der Waals surface area contributed by atoms with Gasteiger partial charge in [0.05, 0.1) is 22.8 Å². The van der Waals surface area contributed by atoms with E-state index >= 15 is 0 Å². The van der Waals surface area contributed by atoms with E-state index in [0.29, 0.717) is 29.0 Å². The average Bonchev–Trinajstić information content (AvgIpc) is 3.34. The Morgan fingerprint density at radius 3 is 2.74 bits per heavy atom. The van der Waals surface area contributed by atoms with E-state index in [-0.39, 0.29) is 11.1 Å². The number of pyridine rings is 1. The van der Waals surface area contributed by atoms with Crippen molar-refractivity contribution in [1.82, 2.24) is 14.5 Å². The zero-order valence-electron chi connectivity index (χ0n) is 16.5. The smallest absolute Gasteiger partial charge is 0.325 e. The lowest BCUT2D eigenvalue weighted by atomic mass is 9.94. The second-order valence-electron chi connectivity index (χ2n) is 7.77. The van der Waals surface area contributed by atoms with Gasteiger partial charge in [0.15, 0.2) is 5.82 Å². The fraction of sp³-hybridized carbons (Fsp3) is 0.381. The normalized spacial score (nSPS) is 25.0. The van der Waals surface area contributed by atoms with E-state index in [0.717, 1.165) is 28.8 Å². The monoisotopic (exact) mass is 452 g/mol. The van der Waals surface area contributed by atoms with Crippen molar-refractivity contribution in [3.05, 3.63) is 58.6 Å². The third kappa shape index (κ3) is 2.90. The Morgan fingerprint density at radius 1 is 1.26 bits per heavy atom. The Labute approximate surface area is 178 Å². The summed E-state index contributed by atoms with van der Waals surface area (Å²) < 4.78 is 67.6. The van der Waals surface area contributed by atoms with Crippen LogP contribution in [0.3, 0.4) is 0 Å². The summed E-state index contributed by atoms with van der Waals surface area (Å²) in [5.41, 5.74) is 0.439. The SMILES string of the molecule is CCSC1=CC2=CC=CC3CC23N=C1c1nc2cc(C(F)(F)C(F)(F)F)ncc2n1C. The van der Waals surface area contributed by atoms with Crippen LogP contribution in [0.25, 0.3) is 11.0 Å². The highest BCUT2D eigenvalue weighted by Crippen LogP contribution is 2.58. The van der Waals surface area contributed by atoms with Crippen LogP contribution in [0.2, 0.25) is 0 Å². The van der Waals surface area contributed by atoms with Gasteiger partial charge in [0.25, 0.3) is 0 Å². The number of imidazole rings is 1. The summed E-state index contributed by atoms with van der Waals surface area (Å²) in [4.78, 5) is 13.7. The predicted molar refractivity (Wildman–Crippen MR) is 109 cm³/mol. The molecule has 2 unspecified atom stereocenters. The van der Waals surface area contributed by atoms with Crippen molar-refractivity contribution >= 4 is 28.5 Å². The number of nitrogens with zero attached hydrogens (tertiary/aromatic N) is 4. The van der Waals surface area contributed by atoms with E-state index in [1.807, 2.05) is 19.1 Å². The largest absolute Gasteiger partial charge is 0.459 e. The number of hydrogen-bond donors (Lipinski definition) is 0. The van der Waals surface area contributed by atoms with Crippen LogP contribution in [0, 0.1) is 5.92 Å². The van der Waals surface area contributed by atoms with Crippen molar-refractivity contribution in [2.24, 2.45) is 18.0 Å². The summed E-state index contributed by atoms with van der Waals surface area (Å²) in [7, 11) is 1.68. The molecule has 1 fully saturated rings. The molecule has 0 radical (unpaired) electrons. The zero-order valence-corrected chi connectivity index (χ0v) is 17.4. The van der Waals surface area contributed by atoms with Crippen LogP contribution in [-0.2, 0) is 13.0 Å². The zero-order chi connectivity index (χ0) is 22.2. The van der Waals surface area contributed by atoms with Gasteiger partial charge in [-0.25, -0.2) is 4.98 Å². The van der Waals surface area contributed by atoms with Gasteiger partial charge in [0.1, 0.15) is 11.4 Å². The summed E-state index contributed by atoms with van der Waals surface area (Å²) in [6.45, 7) is 2.01. The Hall–Kier alpha value is -2.49. The van der Waals surface area contributed by atoms with E-state index in [1.165, 1.54) is 0 Å². The van der Waals surface area contributed by atoms with Gasteiger partial charge < -0.3 is 4.57 Å². The van der Waals surface area contributed by atoms with E-state index in [1.54, 1.807) is 23.4 Å². The fourth-order valence-corrected chi connectivity index (χ4v) is 4.94. The molecule has 0 amide bonds. The molecule has 2 aliphatic carbocycles. The molecule has 1 saturated carbocycles. The van der Waals surface area contributed by atoms with Crippen molar-refractivity contribution in [3.63, 3.8) is 0 Å². The number of hydrogen-bond acceptors (Lipinski definition) is 4. The number of thioether (sulfide) groups is 1. The number of allylic oxidation sites excluding steroid dienone is 3. The number of aryl methyl sites for hydroxylation is 1. The van der Waals surface area contributed by atoms with Gasteiger partial charge in [0, 0.05) is 17.9 Å². The highest BCUT2D eigenvalue weighted by atomic mass is 32.2. The quantitative estimate of drug-likeness (QED) is 0.590. The summed E-state index contributed by atoms with van der Waals surface area (Å²) in [5, 5.41) is 0. The summed E-state index contributed by atoms with van der Waals surface area (Å²) >= 11 is 1.59. The molecule has 10 heteroatoms. The Kier molecular flexibility index (Phi) is 4.28. The van der Waals surface area contributed by atoms with Crippen molar-refractivity contribution in [1.29, 1.82) is 0 Å². The Bertz CT molecular complexity index is 1220. The van der Waals surface area contributed by atoms with Crippen LogP contribution in [0.15, 0.2) is 52.0 Å². The van der Waals surface area contributed by atoms with Crippen LogP contribution in [0.1, 0.15) is 24.9 Å². The van der Waals surface area contributed by atoms with Gasteiger partial charge >= 0.3 is 12.1 Å². The maximum absolute atomic E-state index is 13.8. The standard InChI is InChI=1S/C21H17F5N4S/c1-3-31-15-7-11-5-4-6-12-9-19(11,12)29-17(15)18-28-13-8-16(20(22,23)21(24,25)26)27-10-14(13)30(18)2/h4-8,10,12H,3,9H2,1-2H3. The number of aliphatic imine (C=N–C) groups is 1. The molecule has 1 aliphatic heterocycles. The molecule has 0 saturated heterocycles. The van der Waals surface area contributed by atoms with Crippen LogP contribution in [0.5, 0.6) is 0 Å². The second kappa shape index (κ2) is 6.51. The van der Waals surface area contributed by atoms with Gasteiger partial charge in [-0.05, 0) is 29.9 Å². The molecule has 2 aromatic rings. The first-order valence-electron chi connectivity index (χ1n) is 9.70. The molecule has 3 aliphatic rings. The minimum Gasteiger partial charge on any atom is -0.325 e. The van der Waals surface area contributed by atoms with E-state index in [9.17, 15) is 22.0 Å². The first kappa shape index (κ1) is 20.4. The summed E-state index contributed by atoms with van der Waals surface area (Å²) in [6.07, 6.45) is 4.43. The van der Waals surface area contributed by atoms with E-state index in [2.05, 4.69) is 22.1 Å². The predicted octanol–water partition coefficient (Wildman–Crippen LogP) is 5.32. The first-order valence-corrected chi connectivity index (χ1v) is 10.7. The molecular formula is C21H17F5N4S. The van der Waals surface area contributed by atoms with Crippen LogP contribution >= 0.6 is 11.8 Å². The van der Waals surface area contributed by atoms with Gasteiger partial charge in [-0.2, -0.15) is 22.0 Å². The molecule has 31 heavy (non-hydrogen) atoms. The summed E-state index contributed by atoms with van der Waals surface area (Å²) in [6, 6.07) is 0.707. The lowest BCUT2D eigenvalue weighted by molar-refractivity contribution is -0.290. The lowest BCUT2D eigenvalue weighted by Gasteiger charge is -2.25. The van der Waals surface area contributed by atoms with Gasteiger partial charge in [0.2, 0.25) is 0 Å². The fourth-order valence-electron chi connectivity index (χ4n) is 4.15. The summed E-state index contributed by atoms with van der Waals surface area (Å²) in [5.74, 6) is -3.54. The molecule has 0 bridgehead atoms. The number of fused-ring (bicyclic) bond motifs is 1. The third-order valence-corrected chi connectivity index (χ3v) is 6.80. The topological polar surface area (TPSA) is 43.1 Å².